The van der Waals surface area contributed by atoms with Crippen molar-refractivity contribution in [3.8, 4) is 0 Å². The lowest BCUT2D eigenvalue weighted by molar-refractivity contribution is 0.0520. The first-order valence-electron chi connectivity index (χ1n) is 5.15. The molecule has 15 heavy (non-hydrogen) atoms. The van der Waals surface area contributed by atoms with Crippen LogP contribution in [0.1, 0.15) is 27.2 Å². The summed E-state index contributed by atoms with van der Waals surface area (Å²) >= 11 is 0. The van der Waals surface area contributed by atoms with Gasteiger partial charge in [-0.3, -0.25) is 0 Å². The van der Waals surface area contributed by atoms with Crippen LogP contribution < -0.4 is 10.6 Å². The van der Waals surface area contributed by atoms with E-state index < -0.39 is 5.60 Å². The van der Waals surface area contributed by atoms with Gasteiger partial charge in [0.2, 0.25) is 0 Å². The van der Waals surface area contributed by atoms with E-state index in [0.29, 0.717) is 12.5 Å². The minimum absolute atomic E-state index is 0. The van der Waals surface area contributed by atoms with E-state index in [0.717, 1.165) is 19.5 Å². The van der Waals surface area contributed by atoms with E-state index >= 15 is 0 Å². The molecule has 1 aliphatic heterocycles. The number of ether oxygens (including phenoxy) is 1. The highest BCUT2D eigenvalue weighted by molar-refractivity contribution is 5.85. The molecular weight excluding hydrogens is 216 g/mol. The molecule has 0 aliphatic carbocycles. The quantitative estimate of drug-likeness (QED) is 0.765. The minimum Gasteiger partial charge on any atom is -0.444 e. The largest absolute Gasteiger partial charge is 0.444 e. The van der Waals surface area contributed by atoms with Crippen LogP contribution in [0, 0.1) is 5.92 Å². The van der Waals surface area contributed by atoms with E-state index in [1.807, 2.05) is 20.8 Å². The molecule has 1 rings (SSSR count). The number of carbonyl (C=O) groups excluding carboxylic acids is 1. The first-order chi connectivity index (χ1) is 6.47. The van der Waals surface area contributed by atoms with Gasteiger partial charge in [-0.15, -0.1) is 12.4 Å². The standard InChI is InChI=1S/C10H20N2O2.ClH/c1-10(2,3)14-9(13)12-7-8-4-5-11-6-8;/h8,11H,4-7H2,1-3H3,(H,12,13);1H. The summed E-state index contributed by atoms with van der Waals surface area (Å²) in [6, 6.07) is 0. The molecule has 1 amide bonds. The van der Waals surface area contributed by atoms with Gasteiger partial charge in [0.25, 0.3) is 0 Å². The Labute approximate surface area is 97.5 Å². The average Bonchev–Trinajstić information content (AvgIpc) is 2.49. The van der Waals surface area contributed by atoms with Gasteiger partial charge in [-0.25, -0.2) is 4.79 Å². The highest BCUT2D eigenvalue weighted by Crippen LogP contribution is 2.08. The summed E-state index contributed by atoms with van der Waals surface area (Å²) in [5.41, 5.74) is -0.405. The number of halogens is 1. The van der Waals surface area contributed by atoms with Gasteiger partial charge < -0.3 is 15.4 Å². The molecule has 0 aromatic rings. The third-order valence-corrected chi connectivity index (χ3v) is 2.10. The molecule has 2 N–H and O–H groups in total. The van der Waals surface area contributed by atoms with E-state index in [1.165, 1.54) is 0 Å². The number of carbonyl (C=O) groups is 1. The second kappa shape index (κ2) is 6.18. The van der Waals surface area contributed by atoms with Gasteiger partial charge >= 0.3 is 6.09 Å². The van der Waals surface area contributed by atoms with E-state index in [9.17, 15) is 4.79 Å². The summed E-state index contributed by atoms with van der Waals surface area (Å²) in [6.07, 6.45) is 0.819. The van der Waals surface area contributed by atoms with Crippen LogP contribution in [0.2, 0.25) is 0 Å². The van der Waals surface area contributed by atoms with Crippen LogP contribution in [0.4, 0.5) is 4.79 Å². The van der Waals surface area contributed by atoms with Gasteiger partial charge in [0.1, 0.15) is 5.60 Å². The molecule has 0 spiro atoms. The molecule has 1 aliphatic rings. The maximum Gasteiger partial charge on any atom is 0.407 e. The molecule has 1 unspecified atom stereocenters. The SMILES string of the molecule is CC(C)(C)OC(=O)NCC1CCNC1.Cl. The molecule has 5 heteroatoms. The maximum absolute atomic E-state index is 11.3. The van der Waals surface area contributed by atoms with Gasteiger partial charge in [-0.2, -0.15) is 0 Å². The molecule has 0 aromatic heterocycles. The van der Waals surface area contributed by atoms with Crippen LogP contribution in [0.25, 0.3) is 0 Å². The zero-order valence-electron chi connectivity index (χ0n) is 9.63. The molecule has 0 bridgehead atoms. The Kier molecular flexibility index (Phi) is 5.98. The third kappa shape index (κ3) is 6.57. The van der Waals surface area contributed by atoms with Crippen molar-refractivity contribution in [1.82, 2.24) is 10.6 Å². The Balaban J connectivity index is 0.00000196. The van der Waals surface area contributed by atoms with Crippen LogP contribution in [0.5, 0.6) is 0 Å². The minimum atomic E-state index is -0.405. The Morgan fingerprint density at radius 1 is 1.53 bits per heavy atom. The second-order valence-corrected chi connectivity index (χ2v) is 4.74. The lowest BCUT2D eigenvalue weighted by Gasteiger charge is -2.20. The van der Waals surface area contributed by atoms with E-state index in [1.54, 1.807) is 0 Å². The van der Waals surface area contributed by atoms with Crippen molar-refractivity contribution in [2.75, 3.05) is 19.6 Å². The Hall–Kier alpha value is -0.480. The molecule has 4 nitrogen and oxygen atoms in total. The summed E-state index contributed by atoms with van der Waals surface area (Å²) in [5.74, 6) is 0.558. The van der Waals surface area contributed by atoms with E-state index in [4.69, 9.17) is 4.74 Å². The van der Waals surface area contributed by atoms with Crippen LogP contribution >= 0.6 is 12.4 Å². The Morgan fingerprint density at radius 3 is 2.67 bits per heavy atom. The summed E-state index contributed by atoms with van der Waals surface area (Å²) in [6.45, 7) is 8.36. The smallest absolute Gasteiger partial charge is 0.407 e. The number of rotatable bonds is 2. The zero-order valence-corrected chi connectivity index (χ0v) is 10.4. The molecule has 90 valence electrons. The van der Waals surface area contributed by atoms with Crippen molar-refractivity contribution < 1.29 is 9.53 Å². The predicted octanol–water partition coefficient (Wildman–Crippen LogP) is 1.54. The fourth-order valence-electron chi connectivity index (χ4n) is 1.43. The lowest BCUT2D eigenvalue weighted by Crippen LogP contribution is -2.35. The van der Waals surface area contributed by atoms with Gasteiger partial charge in [-0.1, -0.05) is 0 Å². The van der Waals surface area contributed by atoms with E-state index in [-0.39, 0.29) is 18.5 Å². The molecule has 1 fully saturated rings. The topological polar surface area (TPSA) is 50.4 Å². The van der Waals surface area contributed by atoms with Gasteiger partial charge in [0.05, 0.1) is 0 Å². The molecule has 0 aromatic carbocycles. The molecule has 0 saturated carbocycles. The van der Waals surface area contributed by atoms with Gasteiger partial charge in [-0.05, 0) is 46.2 Å². The van der Waals surface area contributed by atoms with E-state index in [2.05, 4.69) is 10.6 Å². The van der Waals surface area contributed by atoms with Crippen molar-refractivity contribution in [2.24, 2.45) is 5.92 Å². The first kappa shape index (κ1) is 14.5. The lowest BCUT2D eigenvalue weighted by atomic mass is 10.1. The predicted molar refractivity (Wildman–Crippen MR) is 62.5 cm³/mol. The maximum atomic E-state index is 11.3. The number of hydrogen-bond acceptors (Lipinski definition) is 3. The van der Waals surface area contributed by atoms with Crippen molar-refractivity contribution in [3.05, 3.63) is 0 Å². The zero-order chi connectivity index (χ0) is 10.6. The van der Waals surface area contributed by atoms with Crippen molar-refractivity contribution in [2.45, 2.75) is 32.8 Å². The van der Waals surface area contributed by atoms with Crippen LogP contribution in [-0.4, -0.2) is 31.3 Å². The van der Waals surface area contributed by atoms with Crippen molar-refractivity contribution in [3.63, 3.8) is 0 Å². The number of amides is 1. The summed E-state index contributed by atoms with van der Waals surface area (Å²) < 4.78 is 5.13. The highest BCUT2D eigenvalue weighted by Gasteiger charge is 2.18. The number of hydrogen-bond donors (Lipinski definition) is 2. The molecule has 1 saturated heterocycles. The fourth-order valence-corrected chi connectivity index (χ4v) is 1.43. The molecular formula is C10H21ClN2O2. The van der Waals surface area contributed by atoms with Gasteiger partial charge in [0.15, 0.2) is 0 Å². The molecule has 1 atom stereocenters. The number of alkyl carbamates (subject to hydrolysis) is 1. The molecule has 1 heterocycles. The van der Waals surface area contributed by atoms with Crippen LogP contribution in [-0.2, 0) is 4.74 Å². The first-order valence-corrected chi connectivity index (χ1v) is 5.15. The number of nitrogens with one attached hydrogen (secondary N) is 2. The highest BCUT2D eigenvalue weighted by atomic mass is 35.5. The van der Waals surface area contributed by atoms with Crippen molar-refractivity contribution >= 4 is 18.5 Å². The Morgan fingerprint density at radius 2 is 2.20 bits per heavy atom. The Bertz CT molecular complexity index is 198. The van der Waals surface area contributed by atoms with Crippen LogP contribution in [0.15, 0.2) is 0 Å². The fraction of sp³-hybridized carbons (Fsp3) is 0.900. The van der Waals surface area contributed by atoms with Crippen molar-refractivity contribution in [1.29, 1.82) is 0 Å². The molecule has 0 radical (unpaired) electrons. The monoisotopic (exact) mass is 236 g/mol. The summed E-state index contributed by atoms with van der Waals surface area (Å²) in [7, 11) is 0. The summed E-state index contributed by atoms with van der Waals surface area (Å²) in [4.78, 5) is 11.3. The van der Waals surface area contributed by atoms with Crippen LogP contribution in [0.3, 0.4) is 0 Å². The third-order valence-electron chi connectivity index (χ3n) is 2.10. The normalized spacial score (nSPS) is 20.6. The second-order valence-electron chi connectivity index (χ2n) is 4.74. The average molecular weight is 237 g/mol. The summed E-state index contributed by atoms with van der Waals surface area (Å²) in [5, 5.41) is 6.03. The van der Waals surface area contributed by atoms with Gasteiger partial charge in [0, 0.05) is 6.54 Å².